The lowest BCUT2D eigenvalue weighted by atomic mass is 10.1. The fraction of sp³-hybridized carbons (Fsp3) is 0. The molecule has 0 fully saturated rings. The van der Waals surface area contributed by atoms with Crippen LogP contribution < -0.4 is 5.32 Å². The Morgan fingerprint density at radius 2 is 1.77 bits per heavy atom. The van der Waals surface area contributed by atoms with Crippen LogP contribution in [-0.2, 0) is 0 Å². The number of nitrogens with zero attached hydrogens (tertiary/aromatic N) is 2. The second-order valence-electron chi connectivity index (χ2n) is 4.92. The van der Waals surface area contributed by atoms with Gasteiger partial charge >= 0.3 is 0 Å². The number of hydrogen-bond acceptors (Lipinski definition) is 4. The molecule has 1 N–H and O–H groups in total. The lowest BCUT2D eigenvalue weighted by molar-refractivity contribution is 0.592. The van der Waals surface area contributed by atoms with Crippen LogP contribution in [0.25, 0.3) is 22.1 Å². The minimum absolute atomic E-state index is 0.475. The van der Waals surface area contributed by atoms with E-state index in [0.29, 0.717) is 6.01 Å². The summed E-state index contributed by atoms with van der Waals surface area (Å²) < 4.78 is 5.78. The number of nitrogens with one attached hydrogen (secondary N) is 1. The second kappa shape index (κ2) is 5.33. The van der Waals surface area contributed by atoms with Crippen molar-refractivity contribution in [3.63, 3.8) is 0 Å². The van der Waals surface area contributed by atoms with Crippen molar-refractivity contribution in [1.82, 2.24) is 9.97 Å². The Morgan fingerprint density at radius 1 is 0.864 bits per heavy atom. The van der Waals surface area contributed by atoms with Crippen LogP contribution in [-0.4, -0.2) is 9.97 Å². The number of pyridine rings is 1. The van der Waals surface area contributed by atoms with E-state index >= 15 is 0 Å². The summed E-state index contributed by atoms with van der Waals surface area (Å²) in [4.78, 5) is 8.44. The van der Waals surface area contributed by atoms with Gasteiger partial charge in [-0.25, -0.2) is 4.98 Å². The fourth-order valence-corrected chi connectivity index (χ4v) is 2.41. The van der Waals surface area contributed by atoms with Gasteiger partial charge in [0.05, 0.1) is 11.9 Å². The van der Waals surface area contributed by atoms with Gasteiger partial charge < -0.3 is 9.73 Å². The van der Waals surface area contributed by atoms with Gasteiger partial charge in [-0.15, -0.1) is 0 Å². The van der Waals surface area contributed by atoms with Gasteiger partial charge in [0.15, 0.2) is 5.76 Å². The summed E-state index contributed by atoms with van der Waals surface area (Å²) in [6, 6.07) is 18.4. The molecule has 4 nitrogen and oxygen atoms in total. The molecule has 0 saturated carbocycles. The van der Waals surface area contributed by atoms with Gasteiger partial charge in [0.2, 0.25) is 0 Å². The maximum Gasteiger partial charge on any atom is 0.299 e. The molecule has 0 unspecified atom stereocenters. The van der Waals surface area contributed by atoms with Crippen LogP contribution in [0.1, 0.15) is 0 Å². The van der Waals surface area contributed by atoms with Crippen LogP contribution >= 0.6 is 0 Å². The molecule has 4 rings (SSSR count). The third-order valence-corrected chi connectivity index (χ3v) is 3.49. The minimum atomic E-state index is 0.475. The highest BCUT2D eigenvalue weighted by Gasteiger charge is 2.07. The first kappa shape index (κ1) is 12.6. The largest absolute Gasteiger partial charge is 0.423 e. The van der Waals surface area contributed by atoms with Gasteiger partial charge in [-0.05, 0) is 12.1 Å². The monoisotopic (exact) mass is 287 g/mol. The third-order valence-electron chi connectivity index (χ3n) is 3.49. The second-order valence-corrected chi connectivity index (χ2v) is 4.92. The number of fused-ring (bicyclic) bond motifs is 1. The zero-order valence-electron chi connectivity index (χ0n) is 11.7. The highest BCUT2D eigenvalue weighted by Crippen LogP contribution is 2.28. The Hall–Kier alpha value is -3.14. The van der Waals surface area contributed by atoms with Crippen molar-refractivity contribution < 1.29 is 4.42 Å². The molecule has 0 spiro atoms. The first-order chi connectivity index (χ1) is 10.9. The topological polar surface area (TPSA) is 51.0 Å². The normalized spacial score (nSPS) is 10.7. The summed E-state index contributed by atoms with van der Waals surface area (Å²) in [5.74, 6) is 0.741. The maximum absolute atomic E-state index is 5.78. The van der Waals surface area contributed by atoms with Gasteiger partial charge in [-0.1, -0.05) is 42.5 Å². The number of benzene rings is 2. The minimum Gasteiger partial charge on any atom is -0.423 e. The van der Waals surface area contributed by atoms with Crippen molar-refractivity contribution in [2.45, 2.75) is 0 Å². The summed E-state index contributed by atoms with van der Waals surface area (Å²) in [5.41, 5.74) is 1.95. The molecule has 2 aromatic heterocycles. The Morgan fingerprint density at radius 3 is 2.68 bits per heavy atom. The molecule has 0 saturated heterocycles. The van der Waals surface area contributed by atoms with Crippen molar-refractivity contribution in [3.05, 3.63) is 73.2 Å². The lowest BCUT2D eigenvalue weighted by Gasteiger charge is -2.06. The number of oxazole rings is 1. The summed E-state index contributed by atoms with van der Waals surface area (Å²) in [6.07, 6.45) is 5.34. The average molecular weight is 287 g/mol. The van der Waals surface area contributed by atoms with E-state index in [1.165, 1.54) is 0 Å². The zero-order valence-corrected chi connectivity index (χ0v) is 11.7. The molecule has 0 bridgehead atoms. The molecule has 0 aliphatic rings. The molecule has 2 heterocycles. The molecule has 0 atom stereocenters. The zero-order chi connectivity index (χ0) is 14.8. The summed E-state index contributed by atoms with van der Waals surface area (Å²) in [7, 11) is 0. The van der Waals surface area contributed by atoms with Gasteiger partial charge in [0.25, 0.3) is 6.01 Å². The number of aromatic nitrogens is 2. The third kappa shape index (κ3) is 2.31. The number of hydrogen-bond donors (Lipinski definition) is 1. The van der Waals surface area contributed by atoms with E-state index in [2.05, 4.69) is 15.3 Å². The molecule has 2 aromatic carbocycles. The first-order valence-electron chi connectivity index (χ1n) is 7.01. The molecule has 22 heavy (non-hydrogen) atoms. The van der Waals surface area contributed by atoms with Crippen molar-refractivity contribution in [1.29, 1.82) is 0 Å². The molecule has 0 aliphatic carbocycles. The average Bonchev–Trinajstić information content (AvgIpc) is 3.05. The molecule has 4 heteroatoms. The smallest absolute Gasteiger partial charge is 0.299 e. The van der Waals surface area contributed by atoms with Gasteiger partial charge in [-0.2, -0.15) is 0 Å². The highest BCUT2D eigenvalue weighted by molar-refractivity contribution is 5.94. The summed E-state index contributed by atoms with van der Waals surface area (Å²) in [5, 5.41) is 5.38. The Labute approximate surface area is 127 Å². The fourth-order valence-electron chi connectivity index (χ4n) is 2.41. The van der Waals surface area contributed by atoms with Gasteiger partial charge in [0.1, 0.15) is 0 Å². The van der Waals surface area contributed by atoms with Gasteiger partial charge in [-0.3, -0.25) is 4.98 Å². The van der Waals surface area contributed by atoms with Crippen LogP contribution in [0.4, 0.5) is 11.7 Å². The molecular formula is C18H13N3O. The summed E-state index contributed by atoms with van der Waals surface area (Å²) in [6.45, 7) is 0. The molecule has 0 radical (unpaired) electrons. The maximum atomic E-state index is 5.78. The predicted molar refractivity (Wildman–Crippen MR) is 87.0 cm³/mol. The number of rotatable bonds is 3. The number of anilines is 2. The van der Waals surface area contributed by atoms with E-state index in [0.717, 1.165) is 27.8 Å². The molecule has 0 amide bonds. The molecule has 106 valence electrons. The quantitative estimate of drug-likeness (QED) is 0.596. The van der Waals surface area contributed by atoms with Crippen LogP contribution in [0.2, 0.25) is 0 Å². The molecule has 4 aromatic rings. The van der Waals surface area contributed by atoms with E-state index in [4.69, 9.17) is 4.42 Å². The van der Waals surface area contributed by atoms with E-state index in [1.54, 1.807) is 12.4 Å². The lowest BCUT2D eigenvalue weighted by Crippen LogP contribution is -1.91. The van der Waals surface area contributed by atoms with E-state index in [1.807, 2.05) is 60.8 Å². The van der Waals surface area contributed by atoms with Crippen LogP contribution in [0.3, 0.4) is 0 Å². The van der Waals surface area contributed by atoms with Crippen LogP contribution in [0.5, 0.6) is 0 Å². The Balaban J connectivity index is 1.68. The van der Waals surface area contributed by atoms with E-state index in [9.17, 15) is 0 Å². The Bertz CT molecular complexity index is 910. The highest BCUT2D eigenvalue weighted by atomic mass is 16.4. The van der Waals surface area contributed by atoms with Crippen LogP contribution in [0.15, 0.2) is 77.6 Å². The van der Waals surface area contributed by atoms with E-state index in [-0.39, 0.29) is 0 Å². The Kier molecular flexibility index (Phi) is 3.05. The van der Waals surface area contributed by atoms with E-state index < -0.39 is 0 Å². The SMILES string of the molecule is c1ccc(-c2cnc(Nc3cccc4cnccc34)o2)cc1. The predicted octanol–water partition coefficient (Wildman–Crippen LogP) is 4.63. The first-order valence-corrected chi connectivity index (χ1v) is 7.01. The van der Waals surface area contributed by atoms with Crippen LogP contribution in [0, 0.1) is 0 Å². The van der Waals surface area contributed by atoms with Crippen molar-refractivity contribution in [2.24, 2.45) is 0 Å². The van der Waals surface area contributed by atoms with Crippen molar-refractivity contribution in [2.75, 3.05) is 5.32 Å². The summed E-state index contributed by atoms with van der Waals surface area (Å²) >= 11 is 0. The van der Waals surface area contributed by atoms with Crippen molar-refractivity contribution >= 4 is 22.5 Å². The molecule has 0 aliphatic heterocycles. The molecular weight excluding hydrogens is 274 g/mol. The standard InChI is InChI=1S/C18H13N3O/c1-2-5-13(6-3-1)17-12-20-18(22-17)21-16-8-4-7-14-11-19-10-9-15(14)16/h1-12H,(H,20,21). The van der Waals surface area contributed by atoms with Gasteiger partial charge in [0, 0.05) is 28.7 Å². The van der Waals surface area contributed by atoms with Crippen molar-refractivity contribution in [3.8, 4) is 11.3 Å².